The molecule has 3 aromatic carbocycles. The van der Waals surface area contributed by atoms with Gasteiger partial charge in [0, 0.05) is 17.7 Å². The van der Waals surface area contributed by atoms with Crippen LogP contribution in [-0.2, 0) is 19.4 Å². The monoisotopic (exact) mass is 438 g/mol. The van der Waals surface area contributed by atoms with Crippen LogP contribution in [0.4, 0.5) is 17.6 Å². The Morgan fingerprint density at radius 2 is 1.50 bits per heavy atom. The van der Waals surface area contributed by atoms with Crippen LogP contribution in [-0.4, -0.2) is 0 Å². The smallest absolute Gasteiger partial charge is 0.159 e. The lowest BCUT2D eigenvalue weighted by molar-refractivity contribution is 0.302. The Hall–Kier alpha value is -3.34. The van der Waals surface area contributed by atoms with Crippen LogP contribution in [0.15, 0.2) is 60.7 Å². The zero-order chi connectivity index (χ0) is 22.7. The molecule has 164 valence electrons. The van der Waals surface area contributed by atoms with Crippen molar-refractivity contribution in [1.82, 2.24) is 0 Å². The molecule has 0 spiro atoms. The number of hydrogen-bond acceptors (Lipinski definition) is 1. The second-order valence-corrected chi connectivity index (χ2v) is 7.79. The van der Waals surface area contributed by atoms with Gasteiger partial charge in [-0.1, -0.05) is 42.5 Å². The van der Waals surface area contributed by atoms with Gasteiger partial charge in [-0.2, -0.15) is 0 Å². The van der Waals surface area contributed by atoms with Crippen LogP contribution in [0.25, 0.3) is 11.6 Å². The van der Waals surface area contributed by atoms with Crippen molar-refractivity contribution in [3.05, 3.63) is 112 Å². The van der Waals surface area contributed by atoms with Crippen molar-refractivity contribution in [2.75, 3.05) is 0 Å². The second-order valence-electron chi connectivity index (χ2n) is 7.79. The first kappa shape index (κ1) is 21.9. The van der Waals surface area contributed by atoms with Crippen LogP contribution in [0, 0.1) is 23.3 Å². The zero-order valence-corrected chi connectivity index (χ0v) is 17.6. The van der Waals surface area contributed by atoms with Crippen molar-refractivity contribution in [2.24, 2.45) is 0 Å². The summed E-state index contributed by atoms with van der Waals surface area (Å²) in [4.78, 5) is 0. The Morgan fingerprint density at radius 1 is 0.844 bits per heavy atom. The molecule has 0 atom stereocenters. The van der Waals surface area contributed by atoms with E-state index in [1.54, 1.807) is 0 Å². The van der Waals surface area contributed by atoms with Gasteiger partial charge in [-0.3, -0.25) is 0 Å². The lowest BCUT2D eigenvalue weighted by atomic mass is 10.0. The van der Waals surface area contributed by atoms with Gasteiger partial charge in [0.05, 0.1) is 0 Å². The van der Waals surface area contributed by atoms with Crippen molar-refractivity contribution in [3.8, 4) is 5.75 Å². The number of hydrogen-bond donors (Lipinski definition) is 0. The van der Waals surface area contributed by atoms with Crippen LogP contribution in [0.5, 0.6) is 5.75 Å². The van der Waals surface area contributed by atoms with Gasteiger partial charge in [-0.25, -0.2) is 17.6 Å². The van der Waals surface area contributed by atoms with Gasteiger partial charge >= 0.3 is 0 Å². The Balaban J connectivity index is 1.45. The first-order chi connectivity index (χ1) is 15.4. The third-order valence-electron chi connectivity index (χ3n) is 5.49. The number of fused-ring (bicyclic) bond motifs is 1. The molecule has 0 bridgehead atoms. The Morgan fingerprint density at radius 3 is 2.19 bits per heavy atom. The molecule has 0 saturated heterocycles. The molecule has 4 rings (SSSR count). The van der Waals surface area contributed by atoms with Gasteiger partial charge in [0.2, 0.25) is 0 Å². The molecular weight excluding hydrogens is 416 g/mol. The molecule has 0 radical (unpaired) electrons. The van der Waals surface area contributed by atoms with Crippen molar-refractivity contribution >= 4 is 11.6 Å². The van der Waals surface area contributed by atoms with Crippen LogP contribution < -0.4 is 4.74 Å². The number of benzene rings is 3. The molecule has 0 N–H and O–H groups in total. The molecule has 3 aromatic rings. The van der Waals surface area contributed by atoms with E-state index in [0.717, 1.165) is 42.7 Å². The van der Waals surface area contributed by atoms with Crippen LogP contribution in [0.1, 0.15) is 41.2 Å². The van der Waals surface area contributed by atoms with E-state index in [1.807, 2.05) is 37.3 Å². The number of halogens is 4. The largest absolute Gasteiger partial charge is 0.489 e. The SMILES string of the molecule is C/C=C/CCc1ccc(COc2cc(F)c(C3=Cc4cc(F)c(F)cc4C3)c(F)c2)cc1. The highest BCUT2D eigenvalue weighted by Gasteiger charge is 2.23. The van der Waals surface area contributed by atoms with Gasteiger partial charge in [0.1, 0.15) is 24.0 Å². The third kappa shape index (κ3) is 4.77. The van der Waals surface area contributed by atoms with E-state index in [-0.39, 0.29) is 24.3 Å². The first-order valence-electron chi connectivity index (χ1n) is 10.4. The summed E-state index contributed by atoms with van der Waals surface area (Å²) in [5.74, 6) is -3.45. The molecule has 0 aliphatic heterocycles. The highest BCUT2D eigenvalue weighted by Crippen LogP contribution is 2.36. The molecule has 0 unspecified atom stereocenters. The summed E-state index contributed by atoms with van der Waals surface area (Å²) in [6.45, 7) is 2.17. The van der Waals surface area contributed by atoms with E-state index < -0.39 is 23.3 Å². The van der Waals surface area contributed by atoms with Gasteiger partial charge in [0.15, 0.2) is 11.6 Å². The van der Waals surface area contributed by atoms with Crippen LogP contribution in [0.3, 0.4) is 0 Å². The number of rotatable bonds is 7. The average Bonchev–Trinajstić information content (AvgIpc) is 3.15. The van der Waals surface area contributed by atoms with Gasteiger partial charge in [0.25, 0.3) is 0 Å². The normalized spacial score (nSPS) is 12.8. The van der Waals surface area contributed by atoms with Crippen molar-refractivity contribution in [3.63, 3.8) is 0 Å². The molecule has 0 aromatic heterocycles. The molecule has 0 amide bonds. The van der Waals surface area contributed by atoms with E-state index in [1.165, 1.54) is 11.6 Å². The lowest BCUT2D eigenvalue weighted by Crippen LogP contribution is -2.00. The van der Waals surface area contributed by atoms with E-state index in [0.29, 0.717) is 16.7 Å². The van der Waals surface area contributed by atoms with E-state index in [9.17, 15) is 17.6 Å². The average molecular weight is 438 g/mol. The molecule has 1 aliphatic carbocycles. The predicted molar refractivity (Wildman–Crippen MR) is 118 cm³/mol. The van der Waals surface area contributed by atoms with Gasteiger partial charge < -0.3 is 4.74 Å². The minimum absolute atomic E-state index is 0.0779. The van der Waals surface area contributed by atoms with Crippen LogP contribution in [0.2, 0.25) is 0 Å². The fourth-order valence-electron chi connectivity index (χ4n) is 3.82. The highest BCUT2D eigenvalue weighted by atomic mass is 19.2. The fraction of sp³-hybridized carbons (Fsp3) is 0.185. The topological polar surface area (TPSA) is 9.23 Å². The molecule has 5 heteroatoms. The Kier molecular flexibility index (Phi) is 6.45. The molecule has 32 heavy (non-hydrogen) atoms. The number of allylic oxidation sites excluding steroid dienone is 3. The summed E-state index contributed by atoms with van der Waals surface area (Å²) in [5.41, 5.74) is 3.14. The summed E-state index contributed by atoms with van der Waals surface area (Å²) in [5, 5.41) is 0. The van der Waals surface area contributed by atoms with E-state index >= 15 is 0 Å². The summed E-state index contributed by atoms with van der Waals surface area (Å²) >= 11 is 0. The molecule has 1 nitrogen and oxygen atoms in total. The summed E-state index contributed by atoms with van der Waals surface area (Å²) in [7, 11) is 0. The molecule has 0 heterocycles. The van der Waals surface area contributed by atoms with Gasteiger partial charge in [-0.05, 0) is 66.1 Å². The van der Waals surface area contributed by atoms with E-state index in [2.05, 4.69) is 6.08 Å². The Bertz CT molecular complexity index is 1170. The standard InChI is InChI=1S/C27H22F4O/c1-2-3-4-5-17-6-8-18(9-7-17)16-32-22-14-25(30)27(26(31)15-22)21-10-19-12-23(28)24(29)13-20(19)11-21/h2-3,6-10,12-15H,4-5,11,16H2,1H3/b3-2+. The maximum atomic E-state index is 14.8. The summed E-state index contributed by atoms with van der Waals surface area (Å²) < 4.78 is 62.0. The summed E-state index contributed by atoms with van der Waals surface area (Å²) in [6.07, 6.45) is 7.66. The minimum Gasteiger partial charge on any atom is -0.489 e. The number of ether oxygens (including phenoxy) is 1. The molecular formula is C27H22F4O. The predicted octanol–water partition coefficient (Wildman–Crippen LogP) is 7.43. The maximum Gasteiger partial charge on any atom is 0.159 e. The number of aryl methyl sites for hydroxylation is 1. The molecule has 0 fully saturated rings. The Labute approximate surface area is 184 Å². The van der Waals surface area contributed by atoms with E-state index in [4.69, 9.17) is 4.74 Å². The molecule has 1 aliphatic rings. The van der Waals surface area contributed by atoms with Crippen molar-refractivity contribution < 1.29 is 22.3 Å². The van der Waals surface area contributed by atoms with Crippen molar-refractivity contribution in [2.45, 2.75) is 32.8 Å². The molecule has 0 saturated carbocycles. The van der Waals surface area contributed by atoms with Crippen molar-refractivity contribution in [1.29, 1.82) is 0 Å². The fourth-order valence-corrected chi connectivity index (χ4v) is 3.82. The quantitative estimate of drug-likeness (QED) is 0.275. The minimum atomic E-state index is -0.989. The highest BCUT2D eigenvalue weighted by molar-refractivity contribution is 5.89. The third-order valence-corrected chi connectivity index (χ3v) is 5.49. The summed E-state index contributed by atoms with van der Waals surface area (Å²) in [6, 6.07) is 12.3. The first-order valence-corrected chi connectivity index (χ1v) is 10.4. The second kappa shape index (κ2) is 9.43. The maximum absolute atomic E-state index is 14.8. The van der Waals surface area contributed by atoms with Crippen LogP contribution >= 0.6 is 0 Å². The van der Waals surface area contributed by atoms with Gasteiger partial charge in [-0.15, -0.1) is 0 Å². The zero-order valence-electron chi connectivity index (χ0n) is 17.6. The lowest BCUT2D eigenvalue weighted by Gasteiger charge is -2.11.